The Kier molecular flexibility index (Phi) is 3.36. The van der Waals surface area contributed by atoms with E-state index >= 15 is 0 Å². The summed E-state index contributed by atoms with van der Waals surface area (Å²) in [5.74, 6) is -0.828. The first-order valence-electron chi connectivity index (χ1n) is 6.24. The quantitative estimate of drug-likeness (QED) is 0.849. The molecule has 0 aliphatic heterocycles. The number of anilines is 1. The van der Waals surface area contributed by atoms with Crippen LogP contribution in [0.1, 0.15) is 42.1 Å². The van der Waals surface area contributed by atoms with E-state index in [9.17, 15) is 9.90 Å². The molecule has 1 aliphatic rings. The van der Waals surface area contributed by atoms with Gasteiger partial charge < -0.3 is 10.0 Å². The summed E-state index contributed by atoms with van der Waals surface area (Å²) in [5.41, 5.74) is 2.42. The number of carboxylic acid groups (broad SMARTS) is 1. The molecular weight excluding hydrogens is 214 g/mol. The van der Waals surface area contributed by atoms with Gasteiger partial charge >= 0.3 is 5.97 Å². The van der Waals surface area contributed by atoms with Crippen molar-refractivity contribution in [3.05, 3.63) is 29.3 Å². The summed E-state index contributed by atoms with van der Waals surface area (Å²) in [6.45, 7) is 5.07. The highest BCUT2D eigenvalue weighted by atomic mass is 16.4. The van der Waals surface area contributed by atoms with Gasteiger partial charge in [0, 0.05) is 12.6 Å². The molecule has 1 N–H and O–H groups in total. The van der Waals surface area contributed by atoms with E-state index in [1.807, 2.05) is 19.1 Å². The minimum atomic E-state index is -0.828. The van der Waals surface area contributed by atoms with Crippen molar-refractivity contribution in [1.82, 2.24) is 0 Å². The van der Waals surface area contributed by atoms with Crippen LogP contribution in [0.4, 0.5) is 5.69 Å². The lowest BCUT2D eigenvalue weighted by atomic mass is 10.1. The second-order valence-corrected chi connectivity index (χ2v) is 4.70. The van der Waals surface area contributed by atoms with Crippen LogP contribution >= 0.6 is 0 Å². The SMILES string of the molecule is CCCN(c1c(C)cccc1C(=O)O)C1CC1. The highest BCUT2D eigenvalue weighted by Gasteiger charge is 2.31. The molecule has 1 aromatic carbocycles. The van der Waals surface area contributed by atoms with Gasteiger partial charge in [-0.05, 0) is 37.8 Å². The number of carboxylic acids is 1. The second-order valence-electron chi connectivity index (χ2n) is 4.70. The van der Waals surface area contributed by atoms with E-state index in [1.54, 1.807) is 6.07 Å². The minimum Gasteiger partial charge on any atom is -0.478 e. The number of aromatic carboxylic acids is 1. The molecular formula is C14H19NO2. The van der Waals surface area contributed by atoms with Crippen molar-refractivity contribution in [3.8, 4) is 0 Å². The van der Waals surface area contributed by atoms with Gasteiger partial charge in [-0.1, -0.05) is 19.1 Å². The predicted octanol–water partition coefficient (Wildman–Crippen LogP) is 3.07. The Morgan fingerprint density at radius 1 is 1.47 bits per heavy atom. The molecule has 0 heterocycles. The zero-order chi connectivity index (χ0) is 12.4. The Morgan fingerprint density at radius 3 is 2.71 bits per heavy atom. The van der Waals surface area contributed by atoms with Crippen LogP contribution in [0.2, 0.25) is 0 Å². The number of hydrogen-bond acceptors (Lipinski definition) is 2. The van der Waals surface area contributed by atoms with Crippen molar-refractivity contribution in [3.63, 3.8) is 0 Å². The maximum Gasteiger partial charge on any atom is 0.337 e. The lowest BCUT2D eigenvalue weighted by Crippen LogP contribution is -2.29. The Hall–Kier alpha value is -1.51. The second kappa shape index (κ2) is 4.78. The van der Waals surface area contributed by atoms with Crippen molar-refractivity contribution < 1.29 is 9.90 Å². The number of hydrogen-bond donors (Lipinski definition) is 1. The topological polar surface area (TPSA) is 40.5 Å². The molecule has 0 aromatic heterocycles. The third-order valence-electron chi connectivity index (χ3n) is 3.21. The van der Waals surface area contributed by atoms with Crippen LogP contribution < -0.4 is 4.90 Å². The zero-order valence-electron chi connectivity index (χ0n) is 10.4. The van der Waals surface area contributed by atoms with Crippen molar-refractivity contribution in [1.29, 1.82) is 0 Å². The first-order chi connectivity index (χ1) is 8.15. The third-order valence-corrected chi connectivity index (χ3v) is 3.21. The van der Waals surface area contributed by atoms with Crippen molar-refractivity contribution in [2.24, 2.45) is 0 Å². The fourth-order valence-electron chi connectivity index (χ4n) is 2.32. The zero-order valence-corrected chi connectivity index (χ0v) is 10.4. The van der Waals surface area contributed by atoms with E-state index in [0.29, 0.717) is 11.6 Å². The fraction of sp³-hybridized carbons (Fsp3) is 0.500. The first-order valence-corrected chi connectivity index (χ1v) is 6.24. The molecule has 0 bridgehead atoms. The highest BCUT2D eigenvalue weighted by molar-refractivity contribution is 5.95. The molecule has 1 aromatic rings. The van der Waals surface area contributed by atoms with Gasteiger partial charge in [-0.25, -0.2) is 4.79 Å². The van der Waals surface area contributed by atoms with Gasteiger partial charge in [0.2, 0.25) is 0 Å². The monoisotopic (exact) mass is 233 g/mol. The summed E-state index contributed by atoms with van der Waals surface area (Å²) in [5, 5.41) is 9.28. The molecule has 92 valence electrons. The summed E-state index contributed by atoms with van der Waals surface area (Å²) in [6.07, 6.45) is 3.42. The summed E-state index contributed by atoms with van der Waals surface area (Å²) in [4.78, 5) is 13.6. The van der Waals surface area contributed by atoms with E-state index in [0.717, 1.165) is 24.2 Å². The molecule has 1 aliphatic carbocycles. The molecule has 1 saturated carbocycles. The molecule has 3 nitrogen and oxygen atoms in total. The summed E-state index contributed by atoms with van der Waals surface area (Å²) in [7, 11) is 0. The molecule has 1 fully saturated rings. The van der Waals surface area contributed by atoms with Gasteiger partial charge in [-0.3, -0.25) is 0 Å². The maximum atomic E-state index is 11.3. The van der Waals surface area contributed by atoms with Gasteiger partial charge in [0.05, 0.1) is 11.3 Å². The fourth-order valence-corrected chi connectivity index (χ4v) is 2.32. The smallest absolute Gasteiger partial charge is 0.337 e. The van der Waals surface area contributed by atoms with Crippen LogP contribution in [-0.4, -0.2) is 23.7 Å². The minimum absolute atomic E-state index is 0.436. The lowest BCUT2D eigenvalue weighted by molar-refractivity contribution is 0.0697. The van der Waals surface area contributed by atoms with E-state index in [2.05, 4.69) is 11.8 Å². The van der Waals surface area contributed by atoms with E-state index in [1.165, 1.54) is 12.8 Å². The average Bonchev–Trinajstić information content (AvgIpc) is 3.10. The molecule has 3 heteroatoms. The predicted molar refractivity (Wildman–Crippen MR) is 68.8 cm³/mol. The molecule has 0 atom stereocenters. The van der Waals surface area contributed by atoms with Crippen LogP contribution in [-0.2, 0) is 0 Å². The summed E-state index contributed by atoms with van der Waals surface area (Å²) < 4.78 is 0. The van der Waals surface area contributed by atoms with Gasteiger partial charge in [-0.15, -0.1) is 0 Å². The van der Waals surface area contributed by atoms with Crippen molar-refractivity contribution in [2.75, 3.05) is 11.4 Å². The standard InChI is InChI=1S/C14H19NO2/c1-3-9-15(11-7-8-11)13-10(2)5-4-6-12(13)14(16)17/h4-6,11H,3,7-9H2,1-2H3,(H,16,17). The molecule has 0 unspecified atom stereocenters. The van der Waals surface area contributed by atoms with Crippen LogP contribution in [0.15, 0.2) is 18.2 Å². The Balaban J connectivity index is 2.43. The Bertz CT molecular complexity index is 424. The molecule has 0 amide bonds. The van der Waals surface area contributed by atoms with Gasteiger partial charge in [0.1, 0.15) is 0 Å². The van der Waals surface area contributed by atoms with Gasteiger partial charge in [-0.2, -0.15) is 0 Å². The Morgan fingerprint density at radius 2 is 2.18 bits per heavy atom. The van der Waals surface area contributed by atoms with Crippen LogP contribution in [0, 0.1) is 6.92 Å². The maximum absolute atomic E-state index is 11.3. The number of aryl methyl sites for hydroxylation is 1. The number of para-hydroxylation sites is 1. The van der Waals surface area contributed by atoms with Crippen LogP contribution in [0.25, 0.3) is 0 Å². The molecule has 17 heavy (non-hydrogen) atoms. The summed E-state index contributed by atoms with van der Waals surface area (Å²) in [6, 6.07) is 6.07. The highest BCUT2D eigenvalue weighted by Crippen LogP contribution is 2.35. The van der Waals surface area contributed by atoms with E-state index < -0.39 is 5.97 Å². The molecule has 0 spiro atoms. The third kappa shape index (κ3) is 2.43. The van der Waals surface area contributed by atoms with E-state index in [-0.39, 0.29) is 0 Å². The molecule has 2 rings (SSSR count). The Labute approximate surface area is 102 Å². The summed E-state index contributed by atoms with van der Waals surface area (Å²) >= 11 is 0. The molecule has 0 radical (unpaired) electrons. The van der Waals surface area contributed by atoms with E-state index in [4.69, 9.17) is 0 Å². The van der Waals surface area contributed by atoms with Crippen molar-refractivity contribution >= 4 is 11.7 Å². The number of carbonyl (C=O) groups is 1. The van der Waals surface area contributed by atoms with Crippen LogP contribution in [0.3, 0.4) is 0 Å². The lowest BCUT2D eigenvalue weighted by Gasteiger charge is -2.27. The van der Waals surface area contributed by atoms with Gasteiger partial charge in [0.15, 0.2) is 0 Å². The first kappa shape index (κ1) is 12.0. The van der Waals surface area contributed by atoms with Gasteiger partial charge in [0.25, 0.3) is 0 Å². The van der Waals surface area contributed by atoms with Crippen LogP contribution in [0.5, 0.6) is 0 Å². The molecule has 0 saturated heterocycles. The largest absolute Gasteiger partial charge is 0.478 e. The van der Waals surface area contributed by atoms with Crippen molar-refractivity contribution in [2.45, 2.75) is 39.2 Å². The number of nitrogens with zero attached hydrogens (tertiary/aromatic N) is 1. The average molecular weight is 233 g/mol. The number of rotatable bonds is 5. The normalized spacial score (nSPS) is 14.7. The number of benzene rings is 1.